The molecule has 0 radical (unpaired) electrons. The SMILES string of the molecule is [2H]C([2H])([2H])Oc1ccc2nc3cc(N)c(=O)cc-3oc2c1. The maximum atomic E-state index is 11.5. The van der Waals surface area contributed by atoms with Crippen LogP contribution in [0.5, 0.6) is 5.75 Å². The van der Waals surface area contributed by atoms with Gasteiger partial charge in [-0.15, -0.1) is 0 Å². The lowest BCUT2D eigenvalue weighted by molar-refractivity contribution is 0.414. The van der Waals surface area contributed by atoms with Crippen LogP contribution in [0.2, 0.25) is 0 Å². The lowest BCUT2D eigenvalue weighted by Gasteiger charge is -2.07. The van der Waals surface area contributed by atoms with Gasteiger partial charge < -0.3 is 14.9 Å². The first-order chi connectivity index (χ1) is 9.82. The van der Waals surface area contributed by atoms with E-state index in [4.69, 9.17) is 19.0 Å². The number of aromatic nitrogens is 1. The molecule has 3 rings (SSSR count). The van der Waals surface area contributed by atoms with Crippen molar-refractivity contribution in [2.24, 2.45) is 0 Å². The Morgan fingerprint density at radius 3 is 3.11 bits per heavy atom. The maximum absolute atomic E-state index is 11.5. The molecule has 0 aromatic heterocycles. The van der Waals surface area contributed by atoms with Crippen LogP contribution in [0.1, 0.15) is 4.11 Å². The fourth-order valence-corrected chi connectivity index (χ4v) is 1.72. The zero-order valence-corrected chi connectivity index (χ0v) is 9.14. The summed E-state index contributed by atoms with van der Waals surface area (Å²) in [6.45, 7) is 0. The molecule has 5 nitrogen and oxygen atoms in total. The van der Waals surface area contributed by atoms with E-state index in [1.54, 1.807) is 6.07 Å². The monoisotopic (exact) mass is 245 g/mol. The third-order valence-corrected chi connectivity index (χ3v) is 2.60. The molecule has 0 saturated carbocycles. The van der Waals surface area contributed by atoms with Crippen LogP contribution in [0, 0.1) is 0 Å². The van der Waals surface area contributed by atoms with Crippen molar-refractivity contribution < 1.29 is 13.3 Å². The molecule has 2 aliphatic rings. The van der Waals surface area contributed by atoms with Gasteiger partial charge in [-0.25, -0.2) is 4.98 Å². The van der Waals surface area contributed by atoms with Gasteiger partial charge in [0.2, 0.25) is 5.43 Å². The van der Waals surface area contributed by atoms with Gasteiger partial charge in [-0.2, -0.15) is 0 Å². The van der Waals surface area contributed by atoms with Crippen LogP contribution < -0.4 is 15.9 Å². The second-order valence-corrected chi connectivity index (χ2v) is 3.80. The van der Waals surface area contributed by atoms with Crippen molar-refractivity contribution in [1.29, 1.82) is 0 Å². The molecule has 0 bridgehead atoms. The van der Waals surface area contributed by atoms with Crippen molar-refractivity contribution in [2.75, 3.05) is 12.8 Å². The molecule has 1 aromatic carbocycles. The minimum atomic E-state index is -2.55. The molecule has 2 N–H and O–H groups in total. The summed E-state index contributed by atoms with van der Waals surface area (Å²) in [4.78, 5) is 15.8. The highest BCUT2D eigenvalue weighted by Crippen LogP contribution is 2.27. The average Bonchev–Trinajstić information content (AvgIpc) is 2.36. The minimum Gasteiger partial charge on any atom is -0.497 e. The highest BCUT2D eigenvalue weighted by atomic mass is 16.5. The lowest BCUT2D eigenvalue weighted by Crippen LogP contribution is -2.08. The Morgan fingerprint density at radius 1 is 1.39 bits per heavy atom. The van der Waals surface area contributed by atoms with E-state index >= 15 is 0 Å². The number of anilines is 1. The van der Waals surface area contributed by atoms with Crippen LogP contribution in [-0.2, 0) is 0 Å². The summed E-state index contributed by atoms with van der Waals surface area (Å²) in [5.74, 6) is 0.401. The molecule has 1 aliphatic heterocycles. The summed E-state index contributed by atoms with van der Waals surface area (Å²) >= 11 is 0. The first-order valence-corrected chi connectivity index (χ1v) is 5.15. The number of hydrogen-bond donors (Lipinski definition) is 1. The molecule has 0 amide bonds. The number of methoxy groups -OCH3 is 1. The van der Waals surface area contributed by atoms with Gasteiger partial charge in [0.25, 0.3) is 0 Å². The lowest BCUT2D eigenvalue weighted by atomic mass is 10.2. The molecule has 0 atom stereocenters. The molecule has 0 saturated heterocycles. The fraction of sp³-hybridized carbons (Fsp3) is 0.0769. The molecule has 0 fully saturated rings. The topological polar surface area (TPSA) is 78.4 Å². The molecule has 5 heteroatoms. The summed E-state index contributed by atoms with van der Waals surface area (Å²) in [5, 5.41) is 0. The van der Waals surface area contributed by atoms with Crippen molar-refractivity contribution in [3.63, 3.8) is 0 Å². The Labute approximate surface area is 106 Å². The number of nitrogens with zero attached hydrogens (tertiary/aromatic N) is 1. The number of nitrogen functional groups attached to an aromatic ring is 1. The average molecular weight is 245 g/mol. The van der Waals surface area contributed by atoms with E-state index in [1.165, 1.54) is 24.3 Å². The fourth-order valence-electron chi connectivity index (χ4n) is 1.72. The van der Waals surface area contributed by atoms with E-state index in [2.05, 4.69) is 4.98 Å². The van der Waals surface area contributed by atoms with Crippen LogP contribution in [0.4, 0.5) is 5.69 Å². The highest BCUT2D eigenvalue weighted by Gasteiger charge is 2.11. The van der Waals surface area contributed by atoms with Gasteiger partial charge in [0.15, 0.2) is 11.3 Å². The normalized spacial score (nSPS) is 14.1. The van der Waals surface area contributed by atoms with Gasteiger partial charge in [0, 0.05) is 12.1 Å². The number of nitrogens with two attached hydrogens (primary N) is 1. The second kappa shape index (κ2) is 3.73. The molecule has 90 valence electrons. The van der Waals surface area contributed by atoms with Crippen LogP contribution in [0.15, 0.2) is 39.5 Å². The molecular formula is C13H10N2O3. The molecular weight excluding hydrogens is 232 g/mol. The third kappa shape index (κ3) is 1.57. The van der Waals surface area contributed by atoms with E-state index in [9.17, 15) is 4.79 Å². The Balaban J connectivity index is 2.18. The van der Waals surface area contributed by atoms with Gasteiger partial charge in [-0.05, 0) is 18.2 Å². The first kappa shape index (κ1) is 7.71. The summed E-state index contributed by atoms with van der Waals surface area (Å²) in [5.41, 5.74) is 6.54. The summed E-state index contributed by atoms with van der Waals surface area (Å²) in [7, 11) is -2.55. The quantitative estimate of drug-likeness (QED) is 0.523. The summed E-state index contributed by atoms with van der Waals surface area (Å²) in [6, 6.07) is 7.14. The molecule has 18 heavy (non-hydrogen) atoms. The predicted octanol–water partition coefficient (Wildman–Crippen LogP) is 1.88. The Hall–Kier alpha value is -2.56. The van der Waals surface area contributed by atoms with E-state index in [0.29, 0.717) is 16.8 Å². The third-order valence-electron chi connectivity index (χ3n) is 2.60. The zero-order valence-electron chi connectivity index (χ0n) is 12.1. The Bertz CT molecular complexity index is 858. The first-order valence-electron chi connectivity index (χ1n) is 6.65. The summed E-state index contributed by atoms with van der Waals surface area (Å²) < 4.78 is 31.6. The number of benzene rings is 2. The van der Waals surface area contributed by atoms with Crippen LogP contribution >= 0.6 is 0 Å². The number of rotatable bonds is 1. The van der Waals surface area contributed by atoms with Crippen molar-refractivity contribution in [2.45, 2.75) is 0 Å². The number of fused-ring (bicyclic) bond motifs is 2. The molecule has 1 aromatic rings. The van der Waals surface area contributed by atoms with E-state index in [0.717, 1.165) is 0 Å². The van der Waals surface area contributed by atoms with Gasteiger partial charge in [-0.3, -0.25) is 4.79 Å². The van der Waals surface area contributed by atoms with E-state index < -0.39 is 7.04 Å². The van der Waals surface area contributed by atoms with E-state index in [-0.39, 0.29) is 22.6 Å². The number of ether oxygens (including phenoxy) is 1. The molecule has 1 heterocycles. The molecule has 1 aliphatic carbocycles. The molecule has 0 unspecified atom stereocenters. The predicted molar refractivity (Wildman–Crippen MR) is 67.9 cm³/mol. The zero-order chi connectivity index (χ0) is 15.2. The van der Waals surface area contributed by atoms with Crippen molar-refractivity contribution >= 4 is 16.8 Å². The van der Waals surface area contributed by atoms with E-state index in [1.807, 2.05) is 0 Å². The van der Waals surface area contributed by atoms with Gasteiger partial charge in [-0.1, -0.05) is 0 Å². The number of hydrogen-bond acceptors (Lipinski definition) is 5. The van der Waals surface area contributed by atoms with Gasteiger partial charge in [0.05, 0.1) is 16.8 Å². The van der Waals surface area contributed by atoms with Crippen LogP contribution in [0.3, 0.4) is 0 Å². The molecule has 0 spiro atoms. The van der Waals surface area contributed by atoms with Crippen LogP contribution in [0.25, 0.3) is 22.6 Å². The second-order valence-electron chi connectivity index (χ2n) is 3.80. The van der Waals surface area contributed by atoms with Gasteiger partial charge >= 0.3 is 0 Å². The minimum absolute atomic E-state index is 0.0897. The smallest absolute Gasteiger partial charge is 0.205 e. The summed E-state index contributed by atoms with van der Waals surface area (Å²) in [6.07, 6.45) is 0. The standard InChI is InChI=1S/C13H10N2O3/c1-17-7-2-3-9-12(4-7)18-13-6-11(16)8(14)5-10(13)15-9/h2-6H,14H2,1H3/i1D3. The van der Waals surface area contributed by atoms with Crippen molar-refractivity contribution in [1.82, 2.24) is 4.98 Å². The van der Waals surface area contributed by atoms with Crippen molar-refractivity contribution in [3.05, 3.63) is 40.6 Å². The van der Waals surface area contributed by atoms with Crippen LogP contribution in [-0.4, -0.2) is 12.0 Å². The Kier molecular flexibility index (Phi) is 1.60. The van der Waals surface area contributed by atoms with Crippen molar-refractivity contribution in [3.8, 4) is 17.2 Å². The largest absolute Gasteiger partial charge is 0.497 e. The maximum Gasteiger partial charge on any atom is 0.205 e. The Morgan fingerprint density at radius 2 is 2.28 bits per heavy atom. The van der Waals surface area contributed by atoms with Gasteiger partial charge in [0.1, 0.15) is 17.0 Å². The highest BCUT2D eigenvalue weighted by molar-refractivity contribution is 5.78.